The molecule has 1 N–H and O–H groups in total. The van der Waals surface area contributed by atoms with Crippen LogP contribution in [0.25, 0.3) is 0 Å². The fourth-order valence-electron chi connectivity index (χ4n) is 4.14. The van der Waals surface area contributed by atoms with Gasteiger partial charge in [-0.05, 0) is 22.3 Å². The van der Waals surface area contributed by atoms with Gasteiger partial charge in [0, 0.05) is 11.8 Å². The fraction of sp³-hybridized carbons (Fsp3) is 0.480. The number of aliphatic hydroxyl groups is 1. The Morgan fingerprint density at radius 3 is 1.62 bits per heavy atom. The van der Waals surface area contributed by atoms with Crippen LogP contribution in [0.1, 0.15) is 48.5 Å². The predicted octanol–water partition coefficient (Wildman–Crippen LogP) is 4.17. The van der Waals surface area contributed by atoms with E-state index in [1.165, 1.54) is 10.4 Å². The minimum Gasteiger partial charge on any atom is -0.402 e. The number of hydrogen-bond acceptors (Lipinski definition) is 3. The largest absolute Gasteiger partial charge is 0.402 e. The number of benzene rings is 2. The van der Waals surface area contributed by atoms with Gasteiger partial charge in [-0.2, -0.15) is 0 Å². The lowest BCUT2D eigenvalue weighted by molar-refractivity contribution is -0.131. The van der Waals surface area contributed by atoms with Gasteiger partial charge in [0.2, 0.25) is 0 Å². The molecule has 29 heavy (non-hydrogen) atoms. The highest BCUT2D eigenvalue weighted by molar-refractivity contribution is 6.99. The van der Waals surface area contributed by atoms with Gasteiger partial charge in [0.15, 0.2) is 0 Å². The summed E-state index contributed by atoms with van der Waals surface area (Å²) in [5.74, 6) is -0.515. The minimum atomic E-state index is -2.75. The van der Waals surface area contributed by atoms with Crippen LogP contribution in [0.5, 0.6) is 0 Å². The number of ketones is 1. The van der Waals surface area contributed by atoms with Crippen LogP contribution in [0.3, 0.4) is 0 Å². The molecule has 3 nitrogen and oxygen atoms in total. The van der Waals surface area contributed by atoms with E-state index >= 15 is 0 Å². The van der Waals surface area contributed by atoms with Crippen LogP contribution in [0.4, 0.5) is 0 Å². The summed E-state index contributed by atoms with van der Waals surface area (Å²) in [5, 5.41) is 13.2. The first-order chi connectivity index (χ1) is 13.5. The van der Waals surface area contributed by atoms with E-state index in [0.717, 1.165) is 0 Å². The lowest BCUT2D eigenvalue weighted by Crippen LogP contribution is -2.68. The summed E-state index contributed by atoms with van der Waals surface area (Å²) in [4.78, 5) is 12.5. The summed E-state index contributed by atoms with van der Waals surface area (Å²) in [5.41, 5.74) is 0. The van der Waals surface area contributed by atoms with Gasteiger partial charge in [-0.1, -0.05) is 102 Å². The van der Waals surface area contributed by atoms with Crippen molar-refractivity contribution in [2.75, 3.05) is 0 Å². The first-order valence-electron chi connectivity index (χ1n) is 10.5. The average molecular weight is 413 g/mol. The maximum Gasteiger partial charge on any atom is 0.261 e. The first kappa shape index (κ1) is 23.5. The molecule has 2 aromatic rings. The molecular weight excluding hydrogens is 376 g/mol. The minimum absolute atomic E-state index is 0.0652. The van der Waals surface area contributed by atoms with Crippen molar-refractivity contribution in [1.82, 2.24) is 0 Å². The summed E-state index contributed by atoms with van der Waals surface area (Å²) in [6.07, 6.45) is -1.33. The fourth-order valence-corrected chi connectivity index (χ4v) is 8.85. The van der Waals surface area contributed by atoms with Gasteiger partial charge < -0.3 is 9.53 Å². The molecule has 3 atom stereocenters. The zero-order valence-corrected chi connectivity index (χ0v) is 19.8. The molecule has 0 spiro atoms. The summed E-state index contributed by atoms with van der Waals surface area (Å²) < 4.78 is 6.92. The highest BCUT2D eigenvalue weighted by Crippen LogP contribution is 2.38. The van der Waals surface area contributed by atoms with Gasteiger partial charge in [0.25, 0.3) is 8.32 Å². The van der Waals surface area contributed by atoms with Gasteiger partial charge in [0.1, 0.15) is 5.78 Å². The van der Waals surface area contributed by atoms with Crippen LogP contribution in [0, 0.1) is 11.8 Å². The number of carbonyl (C=O) groups is 1. The van der Waals surface area contributed by atoms with E-state index in [-0.39, 0.29) is 16.7 Å². The maximum atomic E-state index is 12.5. The molecule has 0 aliphatic rings. The Kier molecular flexibility index (Phi) is 7.60. The second-order valence-electron chi connectivity index (χ2n) is 9.32. The SMILES string of the molecule is CC(C)C(=O)[C@@H](C)[C@H](O)[C@H](C)O[Si](c1ccccc1)(c1ccccc1)C(C)(C)C. The first-order valence-corrected chi connectivity index (χ1v) is 12.4. The van der Waals surface area contributed by atoms with Crippen LogP contribution in [0.2, 0.25) is 5.04 Å². The third-order valence-corrected chi connectivity index (χ3v) is 10.9. The highest BCUT2D eigenvalue weighted by atomic mass is 28.4. The average Bonchev–Trinajstić information content (AvgIpc) is 2.70. The molecule has 2 rings (SSSR count). The zero-order valence-electron chi connectivity index (χ0n) is 18.8. The molecule has 0 heterocycles. The van der Waals surface area contributed by atoms with E-state index in [0.29, 0.717) is 0 Å². The third kappa shape index (κ3) is 4.88. The molecule has 0 saturated carbocycles. The lowest BCUT2D eigenvalue weighted by Gasteiger charge is -2.45. The molecule has 0 fully saturated rings. The van der Waals surface area contributed by atoms with Crippen molar-refractivity contribution in [3.05, 3.63) is 60.7 Å². The van der Waals surface area contributed by atoms with Gasteiger partial charge in [-0.3, -0.25) is 4.79 Å². The standard InChI is InChI=1S/C25H36O3Si/c1-18(2)23(26)19(3)24(27)20(4)28-29(25(5,6)7,21-14-10-8-11-15-21)22-16-12-9-13-17-22/h8-20,24,27H,1-7H3/t19-,20+,24+/m1/s1. The molecule has 2 aromatic carbocycles. The van der Waals surface area contributed by atoms with Crippen molar-refractivity contribution in [1.29, 1.82) is 0 Å². The van der Waals surface area contributed by atoms with Gasteiger partial charge in [0.05, 0.1) is 12.2 Å². The number of hydrogen-bond donors (Lipinski definition) is 1. The number of aliphatic hydroxyl groups excluding tert-OH is 1. The highest BCUT2D eigenvalue weighted by Gasteiger charge is 2.52. The predicted molar refractivity (Wildman–Crippen MR) is 123 cm³/mol. The summed E-state index contributed by atoms with van der Waals surface area (Å²) in [7, 11) is -2.75. The van der Waals surface area contributed by atoms with E-state index in [9.17, 15) is 9.90 Å². The molecular formula is C25H36O3Si. The molecule has 0 aromatic heterocycles. The lowest BCUT2D eigenvalue weighted by atomic mass is 9.90. The van der Waals surface area contributed by atoms with Crippen LogP contribution >= 0.6 is 0 Å². The summed E-state index contributed by atoms with van der Waals surface area (Å²) in [6.45, 7) is 14.1. The van der Waals surface area contributed by atoms with Crippen molar-refractivity contribution < 1.29 is 14.3 Å². The number of carbonyl (C=O) groups excluding carboxylic acids is 1. The molecule has 0 aliphatic carbocycles. The molecule has 158 valence electrons. The maximum absolute atomic E-state index is 12.5. The Morgan fingerprint density at radius 1 is 0.862 bits per heavy atom. The quantitative estimate of drug-likeness (QED) is 0.662. The van der Waals surface area contributed by atoms with Crippen molar-refractivity contribution in [2.24, 2.45) is 11.8 Å². The second-order valence-corrected chi connectivity index (χ2v) is 13.6. The van der Waals surface area contributed by atoms with E-state index in [2.05, 4.69) is 45.0 Å². The molecule has 0 bridgehead atoms. The van der Waals surface area contributed by atoms with E-state index in [1.807, 2.05) is 57.2 Å². The van der Waals surface area contributed by atoms with Crippen molar-refractivity contribution in [2.45, 2.75) is 65.7 Å². The Hall–Kier alpha value is -1.75. The van der Waals surface area contributed by atoms with Gasteiger partial charge >= 0.3 is 0 Å². The Bertz CT molecular complexity index is 741. The van der Waals surface area contributed by atoms with Crippen molar-refractivity contribution in [3.63, 3.8) is 0 Å². The molecule has 0 radical (unpaired) electrons. The number of rotatable bonds is 8. The summed E-state index contributed by atoms with van der Waals surface area (Å²) >= 11 is 0. The molecule has 4 heteroatoms. The van der Waals surface area contributed by atoms with Gasteiger partial charge in [-0.25, -0.2) is 0 Å². The van der Waals surface area contributed by atoms with Gasteiger partial charge in [-0.15, -0.1) is 0 Å². The Morgan fingerprint density at radius 2 is 1.28 bits per heavy atom. The number of Topliss-reactive ketones (excluding diaryl/α,β-unsaturated/α-hetero) is 1. The van der Waals surface area contributed by atoms with Crippen LogP contribution in [-0.2, 0) is 9.22 Å². The van der Waals surface area contributed by atoms with Crippen LogP contribution in [0.15, 0.2) is 60.7 Å². The zero-order chi connectivity index (χ0) is 21.8. The van der Waals surface area contributed by atoms with Crippen molar-refractivity contribution in [3.8, 4) is 0 Å². The monoisotopic (exact) mass is 412 g/mol. The topological polar surface area (TPSA) is 46.5 Å². The molecule has 0 saturated heterocycles. The normalized spacial score (nSPS) is 15.8. The van der Waals surface area contributed by atoms with Crippen LogP contribution < -0.4 is 10.4 Å². The van der Waals surface area contributed by atoms with E-state index in [1.54, 1.807) is 6.92 Å². The Balaban J connectivity index is 2.55. The second kappa shape index (κ2) is 9.37. The van der Waals surface area contributed by atoms with E-state index < -0.39 is 26.4 Å². The van der Waals surface area contributed by atoms with Crippen LogP contribution in [-0.4, -0.2) is 31.4 Å². The molecule has 0 aliphatic heterocycles. The molecule has 0 unspecified atom stereocenters. The molecule has 0 amide bonds. The van der Waals surface area contributed by atoms with E-state index in [4.69, 9.17) is 4.43 Å². The Labute approximate surface area is 177 Å². The third-order valence-electron chi connectivity index (χ3n) is 5.79. The smallest absolute Gasteiger partial charge is 0.261 e. The van der Waals surface area contributed by atoms with Crippen molar-refractivity contribution >= 4 is 24.5 Å². The summed E-state index contributed by atoms with van der Waals surface area (Å²) in [6, 6.07) is 20.7.